The molecule has 0 rings (SSSR count). The van der Waals surface area contributed by atoms with Crippen LogP contribution in [0.25, 0.3) is 0 Å². The molecule has 0 saturated heterocycles. The molecule has 18 heavy (non-hydrogen) atoms. The van der Waals surface area contributed by atoms with Gasteiger partial charge in [0.25, 0.3) is 0 Å². The molecule has 1 amide bonds. The third kappa shape index (κ3) is 2.94. The van der Waals surface area contributed by atoms with Crippen LogP contribution in [0.5, 0.6) is 0 Å². The van der Waals surface area contributed by atoms with Gasteiger partial charge < -0.3 is 15.8 Å². The first-order chi connectivity index (χ1) is 8.44. The number of amides is 1. The maximum atomic E-state index is 12.6. The monoisotopic (exact) mass is 257 g/mol. The number of carbonyl (C=O) groups excluding carboxylic acids is 1. The van der Waals surface area contributed by atoms with Crippen molar-refractivity contribution in [3.05, 3.63) is 0 Å². The lowest BCUT2D eigenvalue weighted by Crippen LogP contribution is -2.52. The predicted molar refractivity (Wildman–Crippen MR) is 73.6 cm³/mol. The van der Waals surface area contributed by atoms with Crippen LogP contribution < -0.4 is 5.73 Å². The Morgan fingerprint density at radius 2 is 1.72 bits per heavy atom. The van der Waals surface area contributed by atoms with Crippen LogP contribution >= 0.6 is 0 Å². The van der Waals surface area contributed by atoms with Crippen LogP contribution in [0.1, 0.15) is 53.4 Å². The van der Waals surface area contributed by atoms with Crippen molar-refractivity contribution in [1.82, 2.24) is 4.90 Å². The molecule has 0 aliphatic rings. The van der Waals surface area contributed by atoms with Crippen LogP contribution in [-0.4, -0.2) is 34.9 Å². The minimum absolute atomic E-state index is 0.00954. The van der Waals surface area contributed by atoms with Crippen LogP contribution in [0.3, 0.4) is 0 Å². The smallest absolute Gasteiger partial charge is 0.236 e. The number of carbonyl (C=O) groups is 1. The molecule has 0 aromatic heterocycles. The van der Waals surface area contributed by atoms with Gasteiger partial charge in [0.1, 0.15) is 5.41 Å². The van der Waals surface area contributed by atoms with E-state index in [1.54, 1.807) is 11.9 Å². The molecule has 0 heterocycles. The third-order valence-corrected chi connectivity index (χ3v) is 4.03. The van der Waals surface area contributed by atoms with Crippen molar-refractivity contribution in [2.45, 2.75) is 59.4 Å². The fourth-order valence-electron chi connectivity index (χ4n) is 2.46. The van der Waals surface area contributed by atoms with E-state index < -0.39 is 5.41 Å². The molecule has 0 unspecified atom stereocenters. The van der Waals surface area contributed by atoms with E-state index in [9.17, 15) is 4.79 Å². The summed E-state index contributed by atoms with van der Waals surface area (Å²) in [6.07, 6.45) is 2.86. The number of nitrogens with two attached hydrogens (primary N) is 1. The minimum atomic E-state index is -0.883. The Morgan fingerprint density at radius 1 is 1.28 bits per heavy atom. The fourth-order valence-corrected chi connectivity index (χ4v) is 2.46. The maximum absolute atomic E-state index is 12.6. The second kappa shape index (κ2) is 7.24. The summed E-state index contributed by atoms with van der Waals surface area (Å²) in [5.41, 5.74) is 4.86. The van der Waals surface area contributed by atoms with Crippen molar-refractivity contribution in [2.24, 2.45) is 16.3 Å². The van der Waals surface area contributed by atoms with Crippen molar-refractivity contribution < 1.29 is 10.0 Å². The molecule has 3 N–H and O–H groups in total. The lowest BCUT2D eigenvalue weighted by atomic mass is 9.79. The van der Waals surface area contributed by atoms with Gasteiger partial charge in [0.2, 0.25) is 5.91 Å². The molecule has 0 fully saturated rings. The first kappa shape index (κ1) is 16.7. The Morgan fingerprint density at radius 3 is 2.00 bits per heavy atom. The maximum Gasteiger partial charge on any atom is 0.236 e. The van der Waals surface area contributed by atoms with Gasteiger partial charge in [0.05, 0.1) is 0 Å². The number of hydrogen-bond donors (Lipinski definition) is 2. The Bertz CT molecular complexity index is 295. The molecule has 5 nitrogen and oxygen atoms in total. The van der Waals surface area contributed by atoms with Gasteiger partial charge >= 0.3 is 0 Å². The van der Waals surface area contributed by atoms with Crippen molar-refractivity contribution in [3.63, 3.8) is 0 Å². The van der Waals surface area contributed by atoms with Crippen LogP contribution in [0.15, 0.2) is 5.16 Å². The van der Waals surface area contributed by atoms with Crippen molar-refractivity contribution in [2.75, 3.05) is 7.05 Å². The summed E-state index contributed by atoms with van der Waals surface area (Å²) >= 11 is 0. The number of hydrogen-bond acceptors (Lipinski definition) is 3. The summed E-state index contributed by atoms with van der Waals surface area (Å²) in [6.45, 7) is 7.89. The Hall–Kier alpha value is -1.26. The van der Waals surface area contributed by atoms with E-state index in [1.807, 2.05) is 13.8 Å². The zero-order valence-electron chi connectivity index (χ0n) is 12.2. The molecule has 0 aliphatic carbocycles. The molecule has 0 aromatic rings. The first-order valence-electron chi connectivity index (χ1n) is 6.70. The Kier molecular flexibility index (Phi) is 6.73. The second-order valence-electron chi connectivity index (χ2n) is 4.66. The second-order valence-corrected chi connectivity index (χ2v) is 4.66. The third-order valence-electron chi connectivity index (χ3n) is 4.03. The normalized spacial score (nSPS) is 12.9. The van der Waals surface area contributed by atoms with E-state index in [0.717, 1.165) is 12.8 Å². The highest BCUT2D eigenvalue weighted by molar-refractivity contribution is 6.06. The van der Waals surface area contributed by atoms with E-state index in [1.165, 1.54) is 0 Å². The van der Waals surface area contributed by atoms with Crippen molar-refractivity contribution in [3.8, 4) is 0 Å². The van der Waals surface area contributed by atoms with E-state index in [0.29, 0.717) is 12.8 Å². The molecular weight excluding hydrogens is 230 g/mol. The molecule has 0 saturated carbocycles. The number of amidine groups is 1. The Balaban J connectivity index is 5.33. The van der Waals surface area contributed by atoms with Gasteiger partial charge in [-0.2, -0.15) is 0 Å². The molecule has 5 heteroatoms. The zero-order valence-corrected chi connectivity index (χ0v) is 12.2. The fraction of sp³-hybridized carbons (Fsp3) is 0.846. The summed E-state index contributed by atoms with van der Waals surface area (Å²) in [5, 5.41) is 12.0. The van der Waals surface area contributed by atoms with Crippen LogP contribution in [0, 0.1) is 5.41 Å². The molecule has 0 radical (unpaired) electrons. The Labute approximate surface area is 110 Å². The standard InChI is InChI=1S/C13H27N3O2/c1-6-10(7-2)16(5)12(17)13(8-3,9-4)11(14)15-18/h10,18H,6-9H2,1-5H3,(H2,14,15). The number of oxime groups is 1. The van der Waals surface area contributed by atoms with Crippen LogP contribution in [-0.2, 0) is 4.79 Å². The molecular formula is C13H27N3O2. The first-order valence-corrected chi connectivity index (χ1v) is 6.70. The van der Waals surface area contributed by atoms with E-state index in [-0.39, 0.29) is 17.8 Å². The van der Waals surface area contributed by atoms with Crippen LogP contribution in [0.2, 0.25) is 0 Å². The topological polar surface area (TPSA) is 78.9 Å². The SMILES string of the molecule is CCC(CC)N(C)C(=O)C(CC)(CC)C(N)=NO. The lowest BCUT2D eigenvalue weighted by Gasteiger charge is -2.36. The number of nitrogens with zero attached hydrogens (tertiary/aromatic N) is 2. The average molecular weight is 257 g/mol. The largest absolute Gasteiger partial charge is 0.409 e. The van der Waals surface area contributed by atoms with Gasteiger partial charge in [-0.05, 0) is 25.7 Å². The lowest BCUT2D eigenvalue weighted by molar-refractivity contribution is -0.139. The molecule has 0 aliphatic heterocycles. The zero-order chi connectivity index (χ0) is 14.3. The number of rotatable bonds is 7. The van der Waals surface area contributed by atoms with Gasteiger partial charge in [0.15, 0.2) is 5.84 Å². The highest BCUT2D eigenvalue weighted by atomic mass is 16.4. The molecule has 0 aromatic carbocycles. The summed E-state index contributed by atoms with van der Waals surface area (Å²) in [4.78, 5) is 14.4. The molecule has 0 spiro atoms. The summed E-state index contributed by atoms with van der Waals surface area (Å²) in [6, 6.07) is 0.196. The van der Waals surface area contributed by atoms with E-state index in [4.69, 9.17) is 10.9 Å². The quantitative estimate of drug-likeness (QED) is 0.317. The molecule has 0 atom stereocenters. The van der Waals surface area contributed by atoms with Gasteiger partial charge in [-0.15, -0.1) is 0 Å². The van der Waals surface area contributed by atoms with E-state index >= 15 is 0 Å². The van der Waals surface area contributed by atoms with Gasteiger partial charge in [-0.25, -0.2) is 0 Å². The van der Waals surface area contributed by atoms with E-state index in [2.05, 4.69) is 19.0 Å². The minimum Gasteiger partial charge on any atom is -0.409 e. The average Bonchev–Trinajstić information content (AvgIpc) is 2.41. The summed E-state index contributed by atoms with van der Waals surface area (Å²) < 4.78 is 0. The highest BCUT2D eigenvalue weighted by Gasteiger charge is 2.42. The summed E-state index contributed by atoms with van der Waals surface area (Å²) in [7, 11) is 1.80. The van der Waals surface area contributed by atoms with Gasteiger partial charge in [0, 0.05) is 13.1 Å². The molecule has 106 valence electrons. The van der Waals surface area contributed by atoms with Crippen molar-refractivity contribution in [1.29, 1.82) is 0 Å². The summed E-state index contributed by atoms with van der Waals surface area (Å²) in [5.74, 6) is -0.0493. The van der Waals surface area contributed by atoms with Crippen LogP contribution in [0.4, 0.5) is 0 Å². The van der Waals surface area contributed by atoms with Gasteiger partial charge in [-0.3, -0.25) is 4.79 Å². The molecule has 0 bridgehead atoms. The highest BCUT2D eigenvalue weighted by Crippen LogP contribution is 2.30. The predicted octanol–water partition coefficient (Wildman–Crippen LogP) is 2.19. The van der Waals surface area contributed by atoms with Gasteiger partial charge in [-0.1, -0.05) is 32.9 Å². The van der Waals surface area contributed by atoms with Crippen molar-refractivity contribution >= 4 is 11.7 Å².